The van der Waals surface area contributed by atoms with Gasteiger partial charge in [0.1, 0.15) is 0 Å². The van der Waals surface area contributed by atoms with E-state index in [2.05, 4.69) is 19.6 Å². The Morgan fingerprint density at radius 3 is 2.92 bits per heavy atom. The van der Waals surface area contributed by atoms with E-state index in [9.17, 15) is 0 Å². The summed E-state index contributed by atoms with van der Waals surface area (Å²) in [6.07, 6.45) is 3.69. The molecule has 0 saturated heterocycles. The second kappa shape index (κ2) is 3.13. The molecule has 0 N–H and O–H groups in total. The average Bonchev–Trinajstić information content (AvgIpc) is 2.59. The fourth-order valence-corrected chi connectivity index (χ4v) is 0.935. The normalized spacial score (nSPS) is 10.0. The smallest absolute Gasteiger partial charge is 0.213 e. The van der Waals surface area contributed by atoms with Gasteiger partial charge in [0.25, 0.3) is 0 Å². The molecule has 0 aliphatic carbocycles. The number of hydrogen-bond donors (Lipinski definition) is 0. The Morgan fingerprint density at radius 2 is 2.25 bits per heavy atom. The van der Waals surface area contributed by atoms with Gasteiger partial charge in [0.2, 0.25) is 6.39 Å². The maximum absolute atomic E-state index is 4.60. The van der Waals surface area contributed by atoms with Crippen LogP contribution in [0.4, 0.5) is 0 Å². The average molecular weight is 161 g/mol. The fourth-order valence-electron chi connectivity index (χ4n) is 0.935. The zero-order valence-electron chi connectivity index (χ0n) is 6.34. The number of pyridine rings is 1. The molecular formula is C8H7N3O. The molecule has 60 valence electrons. The molecule has 4 nitrogen and oxygen atoms in total. The van der Waals surface area contributed by atoms with Crippen molar-refractivity contribution in [2.24, 2.45) is 0 Å². The molecule has 0 bridgehead atoms. The van der Waals surface area contributed by atoms with Gasteiger partial charge in [0.05, 0.1) is 6.42 Å². The largest absolute Gasteiger partial charge is 0.343 e. The Hall–Kier alpha value is -1.71. The lowest BCUT2D eigenvalue weighted by molar-refractivity contribution is 0.411. The van der Waals surface area contributed by atoms with Crippen molar-refractivity contribution in [1.82, 2.24) is 15.1 Å². The molecule has 0 amide bonds. The van der Waals surface area contributed by atoms with Crippen LogP contribution < -0.4 is 0 Å². The van der Waals surface area contributed by atoms with Crippen molar-refractivity contribution in [2.75, 3.05) is 0 Å². The molecule has 0 saturated carbocycles. The molecule has 0 unspecified atom stereocenters. The molecular weight excluding hydrogens is 154 g/mol. The van der Waals surface area contributed by atoms with E-state index in [1.807, 2.05) is 18.2 Å². The highest BCUT2D eigenvalue weighted by atomic mass is 16.5. The second-order valence-electron chi connectivity index (χ2n) is 2.35. The van der Waals surface area contributed by atoms with Gasteiger partial charge >= 0.3 is 0 Å². The van der Waals surface area contributed by atoms with Crippen molar-refractivity contribution in [1.29, 1.82) is 0 Å². The number of nitrogens with zero attached hydrogens (tertiary/aromatic N) is 3. The minimum Gasteiger partial charge on any atom is -0.343 e. The summed E-state index contributed by atoms with van der Waals surface area (Å²) >= 11 is 0. The summed E-state index contributed by atoms with van der Waals surface area (Å²) < 4.78 is 4.60. The molecule has 2 rings (SSSR count). The van der Waals surface area contributed by atoms with Crippen LogP contribution in [0, 0.1) is 0 Å². The predicted octanol–water partition coefficient (Wildman–Crippen LogP) is 1.06. The van der Waals surface area contributed by atoms with Crippen LogP contribution in [0.15, 0.2) is 35.3 Å². The van der Waals surface area contributed by atoms with Crippen LogP contribution in [0.5, 0.6) is 0 Å². The van der Waals surface area contributed by atoms with Crippen molar-refractivity contribution in [3.8, 4) is 0 Å². The molecule has 0 fully saturated rings. The number of rotatable bonds is 2. The highest BCUT2D eigenvalue weighted by molar-refractivity contribution is 5.08. The van der Waals surface area contributed by atoms with Gasteiger partial charge in [-0.1, -0.05) is 11.2 Å². The van der Waals surface area contributed by atoms with Gasteiger partial charge in [-0.2, -0.15) is 4.98 Å². The van der Waals surface area contributed by atoms with Gasteiger partial charge in [-0.15, -0.1) is 0 Å². The summed E-state index contributed by atoms with van der Waals surface area (Å²) in [4.78, 5) is 8.03. The standard InChI is InChI=1S/C8H7N3O/c1-2-4-9-7(3-1)5-8-10-6-12-11-8/h1-4,6H,5H2. The first-order chi connectivity index (χ1) is 5.95. The van der Waals surface area contributed by atoms with E-state index >= 15 is 0 Å². The monoisotopic (exact) mass is 161 g/mol. The molecule has 0 aliphatic rings. The van der Waals surface area contributed by atoms with Crippen molar-refractivity contribution in [3.05, 3.63) is 42.3 Å². The summed E-state index contributed by atoms with van der Waals surface area (Å²) in [6.45, 7) is 0. The first kappa shape index (κ1) is 6.97. The van der Waals surface area contributed by atoms with E-state index in [0.29, 0.717) is 12.2 Å². The molecule has 0 aromatic carbocycles. The van der Waals surface area contributed by atoms with Gasteiger partial charge in [0.15, 0.2) is 5.82 Å². The van der Waals surface area contributed by atoms with E-state index in [0.717, 1.165) is 5.69 Å². The van der Waals surface area contributed by atoms with Gasteiger partial charge in [0, 0.05) is 11.9 Å². The SMILES string of the molecule is c1ccc(Cc2ncon2)nc1. The minimum atomic E-state index is 0.622. The van der Waals surface area contributed by atoms with Crippen molar-refractivity contribution >= 4 is 0 Å². The maximum atomic E-state index is 4.60. The van der Waals surface area contributed by atoms with Crippen LogP contribution in [-0.2, 0) is 6.42 Å². The van der Waals surface area contributed by atoms with E-state index < -0.39 is 0 Å². The third-order valence-electron chi connectivity index (χ3n) is 1.47. The molecule has 2 heterocycles. The molecule has 0 spiro atoms. The Balaban J connectivity index is 2.15. The van der Waals surface area contributed by atoms with Gasteiger partial charge in [-0.3, -0.25) is 4.98 Å². The van der Waals surface area contributed by atoms with Crippen LogP contribution in [0.2, 0.25) is 0 Å². The third-order valence-corrected chi connectivity index (χ3v) is 1.47. The third kappa shape index (κ3) is 1.47. The van der Waals surface area contributed by atoms with E-state index in [4.69, 9.17) is 0 Å². The topological polar surface area (TPSA) is 51.8 Å². The van der Waals surface area contributed by atoms with Crippen LogP contribution in [0.3, 0.4) is 0 Å². The lowest BCUT2D eigenvalue weighted by atomic mass is 10.3. The quantitative estimate of drug-likeness (QED) is 0.660. The molecule has 0 atom stereocenters. The lowest BCUT2D eigenvalue weighted by Gasteiger charge is -1.92. The first-order valence-electron chi connectivity index (χ1n) is 3.60. The zero-order valence-corrected chi connectivity index (χ0v) is 6.34. The summed E-state index contributed by atoms with van der Waals surface area (Å²) in [5, 5.41) is 3.69. The van der Waals surface area contributed by atoms with Crippen LogP contribution in [0.1, 0.15) is 11.5 Å². The Kier molecular flexibility index (Phi) is 1.82. The highest BCUT2D eigenvalue weighted by Crippen LogP contribution is 2.00. The van der Waals surface area contributed by atoms with Gasteiger partial charge in [-0.05, 0) is 12.1 Å². The molecule has 0 radical (unpaired) electrons. The number of aromatic nitrogens is 3. The van der Waals surface area contributed by atoms with Crippen LogP contribution >= 0.6 is 0 Å². The molecule has 12 heavy (non-hydrogen) atoms. The molecule has 4 heteroatoms. The zero-order chi connectivity index (χ0) is 8.23. The number of hydrogen-bond acceptors (Lipinski definition) is 4. The second-order valence-corrected chi connectivity index (χ2v) is 2.35. The Bertz CT molecular complexity index is 330. The van der Waals surface area contributed by atoms with E-state index in [-0.39, 0.29) is 0 Å². The Morgan fingerprint density at radius 1 is 1.25 bits per heavy atom. The first-order valence-corrected chi connectivity index (χ1v) is 3.60. The summed E-state index contributed by atoms with van der Waals surface area (Å²) in [7, 11) is 0. The summed E-state index contributed by atoms with van der Waals surface area (Å²) in [5.41, 5.74) is 0.943. The molecule has 2 aromatic rings. The van der Waals surface area contributed by atoms with Crippen molar-refractivity contribution in [2.45, 2.75) is 6.42 Å². The van der Waals surface area contributed by atoms with Crippen LogP contribution in [-0.4, -0.2) is 15.1 Å². The Labute approximate surface area is 69.3 Å². The predicted molar refractivity (Wildman–Crippen MR) is 41.3 cm³/mol. The maximum Gasteiger partial charge on any atom is 0.213 e. The van der Waals surface area contributed by atoms with Gasteiger partial charge < -0.3 is 4.52 Å². The molecule has 2 aromatic heterocycles. The molecule has 0 aliphatic heterocycles. The lowest BCUT2D eigenvalue weighted by Crippen LogP contribution is -1.92. The van der Waals surface area contributed by atoms with Gasteiger partial charge in [-0.25, -0.2) is 0 Å². The van der Waals surface area contributed by atoms with Crippen molar-refractivity contribution < 1.29 is 4.52 Å². The fraction of sp³-hybridized carbons (Fsp3) is 0.125. The highest BCUT2D eigenvalue weighted by Gasteiger charge is 1.99. The van der Waals surface area contributed by atoms with E-state index in [1.165, 1.54) is 6.39 Å². The van der Waals surface area contributed by atoms with Crippen LogP contribution in [0.25, 0.3) is 0 Å². The van der Waals surface area contributed by atoms with E-state index in [1.54, 1.807) is 6.20 Å². The summed E-state index contributed by atoms with van der Waals surface area (Å²) in [5.74, 6) is 0.661. The van der Waals surface area contributed by atoms with Crippen molar-refractivity contribution in [3.63, 3.8) is 0 Å². The summed E-state index contributed by atoms with van der Waals surface area (Å²) in [6, 6.07) is 5.73. The minimum absolute atomic E-state index is 0.622.